The van der Waals surface area contributed by atoms with Crippen LogP contribution in [0.25, 0.3) is 11.4 Å². The standard InChI is InChI=1S/C20H21N3O3/c1-13(2)17(21-19(24)15-10-7-11-16(12-15)25-3)20-22-18(23-26-20)14-8-5-4-6-9-14/h4-13,17H,1-3H3,(H,21,24). The van der Waals surface area contributed by atoms with Gasteiger partial charge in [-0.2, -0.15) is 4.98 Å². The maximum Gasteiger partial charge on any atom is 0.252 e. The molecule has 6 nitrogen and oxygen atoms in total. The molecule has 1 aromatic heterocycles. The molecule has 6 heteroatoms. The van der Waals surface area contributed by atoms with Gasteiger partial charge in [0, 0.05) is 11.1 Å². The number of aromatic nitrogens is 2. The van der Waals surface area contributed by atoms with E-state index in [9.17, 15) is 4.79 Å². The molecule has 0 aliphatic carbocycles. The number of rotatable bonds is 6. The Morgan fingerprint density at radius 3 is 2.58 bits per heavy atom. The monoisotopic (exact) mass is 351 g/mol. The summed E-state index contributed by atoms with van der Waals surface area (Å²) in [5, 5.41) is 7.01. The molecule has 1 atom stereocenters. The van der Waals surface area contributed by atoms with E-state index in [4.69, 9.17) is 9.26 Å². The molecule has 26 heavy (non-hydrogen) atoms. The second-order valence-corrected chi connectivity index (χ2v) is 6.25. The Balaban J connectivity index is 1.81. The Kier molecular flexibility index (Phi) is 5.31. The Bertz CT molecular complexity index is 875. The van der Waals surface area contributed by atoms with Gasteiger partial charge in [0.25, 0.3) is 5.91 Å². The van der Waals surface area contributed by atoms with E-state index < -0.39 is 6.04 Å². The molecule has 1 unspecified atom stereocenters. The first-order valence-corrected chi connectivity index (χ1v) is 8.42. The minimum atomic E-state index is -0.390. The first-order valence-electron chi connectivity index (χ1n) is 8.42. The fraction of sp³-hybridized carbons (Fsp3) is 0.250. The van der Waals surface area contributed by atoms with Gasteiger partial charge in [0.1, 0.15) is 11.8 Å². The highest BCUT2D eigenvalue weighted by Gasteiger charge is 2.25. The van der Waals surface area contributed by atoms with Crippen molar-refractivity contribution < 1.29 is 14.1 Å². The number of methoxy groups -OCH3 is 1. The number of nitrogens with one attached hydrogen (secondary N) is 1. The van der Waals surface area contributed by atoms with E-state index in [1.165, 1.54) is 0 Å². The predicted molar refractivity (Wildman–Crippen MR) is 97.8 cm³/mol. The van der Waals surface area contributed by atoms with Gasteiger partial charge in [0.15, 0.2) is 0 Å². The number of benzene rings is 2. The maximum absolute atomic E-state index is 12.6. The van der Waals surface area contributed by atoms with Crippen molar-refractivity contribution in [1.29, 1.82) is 0 Å². The molecule has 0 bridgehead atoms. The fourth-order valence-corrected chi connectivity index (χ4v) is 2.57. The topological polar surface area (TPSA) is 77.2 Å². The second kappa shape index (κ2) is 7.82. The van der Waals surface area contributed by atoms with Crippen molar-refractivity contribution in [3.05, 3.63) is 66.1 Å². The van der Waals surface area contributed by atoms with Crippen LogP contribution in [0.1, 0.15) is 36.1 Å². The number of hydrogen-bond donors (Lipinski definition) is 1. The highest BCUT2D eigenvalue weighted by molar-refractivity contribution is 5.94. The maximum atomic E-state index is 12.6. The predicted octanol–water partition coefficient (Wildman–Crippen LogP) is 3.87. The van der Waals surface area contributed by atoms with Gasteiger partial charge in [-0.05, 0) is 24.1 Å². The van der Waals surface area contributed by atoms with Crippen LogP contribution in [-0.2, 0) is 0 Å². The molecular weight excluding hydrogens is 330 g/mol. The van der Waals surface area contributed by atoms with Crippen LogP contribution in [0.3, 0.4) is 0 Å². The lowest BCUT2D eigenvalue weighted by Gasteiger charge is -2.18. The molecule has 1 heterocycles. The van der Waals surface area contributed by atoms with Crippen molar-refractivity contribution in [3.8, 4) is 17.1 Å². The first kappa shape index (κ1) is 17.7. The third-order valence-corrected chi connectivity index (χ3v) is 4.02. The molecule has 0 radical (unpaired) electrons. The van der Waals surface area contributed by atoms with Gasteiger partial charge in [0.2, 0.25) is 11.7 Å². The first-order chi connectivity index (χ1) is 12.6. The summed E-state index contributed by atoms with van der Waals surface area (Å²) >= 11 is 0. The molecule has 0 aliphatic heterocycles. The van der Waals surface area contributed by atoms with Crippen molar-refractivity contribution in [2.24, 2.45) is 5.92 Å². The van der Waals surface area contributed by atoms with E-state index >= 15 is 0 Å². The average molecular weight is 351 g/mol. The number of hydrogen-bond acceptors (Lipinski definition) is 5. The Morgan fingerprint density at radius 2 is 1.88 bits per heavy atom. The zero-order chi connectivity index (χ0) is 18.5. The molecule has 1 amide bonds. The van der Waals surface area contributed by atoms with Crippen LogP contribution in [-0.4, -0.2) is 23.2 Å². The van der Waals surface area contributed by atoms with Gasteiger partial charge >= 0.3 is 0 Å². The summed E-state index contributed by atoms with van der Waals surface area (Å²) in [4.78, 5) is 17.1. The summed E-state index contributed by atoms with van der Waals surface area (Å²) in [6.07, 6.45) is 0. The Labute approximate surface area is 152 Å². The van der Waals surface area contributed by atoms with Crippen LogP contribution in [0.4, 0.5) is 0 Å². The van der Waals surface area contributed by atoms with E-state index in [1.807, 2.05) is 44.2 Å². The summed E-state index contributed by atoms with van der Waals surface area (Å²) in [6.45, 7) is 3.98. The van der Waals surface area contributed by atoms with E-state index in [2.05, 4.69) is 15.5 Å². The van der Waals surface area contributed by atoms with E-state index in [0.29, 0.717) is 23.0 Å². The SMILES string of the molecule is COc1cccc(C(=O)NC(c2nc(-c3ccccc3)no2)C(C)C)c1. The molecular formula is C20H21N3O3. The minimum Gasteiger partial charge on any atom is -0.497 e. The van der Waals surface area contributed by atoms with Crippen molar-refractivity contribution in [1.82, 2.24) is 15.5 Å². The highest BCUT2D eigenvalue weighted by atomic mass is 16.5. The van der Waals surface area contributed by atoms with Gasteiger partial charge < -0.3 is 14.6 Å². The lowest BCUT2D eigenvalue weighted by atomic mass is 10.0. The molecule has 0 saturated heterocycles. The molecule has 0 saturated carbocycles. The van der Waals surface area contributed by atoms with Crippen LogP contribution < -0.4 is 10.1 Å². The van der Waals surface area contributed by atoms with Crippen molar-refractivity contribution in [2.45, 2.75) is 19.9 Å². The van der Waals surface area contributed by atoms with Crippen LogP contribution in [0.2, 0.25) is 0 Å². The van der Waals surface area contributed by atoms with E-state index in [-0.39, 0.29) is 11.8 Å². The molecule has 1 N–H and O–H groups in total. The van der Waals surface area contributed by atoms with Crippen molar-refractivity contribution >= 4 is 5.91 Å². The van der Waals surface area contributed by atoms with Crippen LogP contribution in [0, 0.1) is 5.92 Å². The zero-order valence-corrected chi connectivity index (χ0v) is 15.0. The van der Waals surface area contributed by atoms with Crippen molar-refractivity contribution in [2.75, 3.05) is 7.11 Å². The van der Waals surface area contributed by atoms with Gasteiger partial charge in [0.05, 0.1) is 7.11 Å². The third kappa shape index (κ3) is 3.91. The van der Waals surface area contributed by atoms with Gasteiger partial charge in [-0.3, -0.25) is 4.79 Å². The number of nitrogens with zero attached hydrogens (tertiary/aromatic N) is 2. The van der Waals surface area contributed by atoms with Crippen LogP contribution >= 0.6 is 0 Å². The lowest BCUT2D eigenvalue weighted by molar-refractivity contribution is 0.0913. The average Bonchev–Trinajstić information content (AvgIpc) is 3.16. The molecule has 0 fully saturated rings. The molecule has 3 aromatic rings. The highest BCUT2D eigenvalue weighted by Crippen LogP contribution is 2.24. The number of carbonyl (C=O) groups excluding carboxylic acids is 1. The van der Waals surface area contributed by atoms with Crippen molar-refractivity contribution in [3.63, 3.8) is 0 Å². The number of ether oxygens (including phenoxy) is 1. The van der Waals surface area contributed by atoms with Gasteiger partial charge in [-0.25, -0.2) is 0 Å². The van der Waals surface area contributed by atoms with Gasteiger partial charge in [-0.1, -0.05) is 55.4 Å². The summed E-state index contributed by atoms with van der Waals surface area (Å²) < 4.78 is 10.6. The Hall–Kier alpha value is -3.15. The molecule has 0 spiro atoms. The summed E-state index contributed by atoms with van der Waals surface area (Å²) in [5.74, 6) is 1.37. The molecule has 2 aromatic carbocycles. The smallest absolute Gasteiger partial charge is 0.252 e. The fourth-order valence-electron chi connectivity index (χ4n) is 2.57. The summed E-state index contributed by atoms with van der Waals surface area (Å²) in [5.41, 5.74) is 1.38. The molecule has 0 aliphatic rings. The minimum absolute atomic E-state index is 0.0774. The third-order valence-electron chi connectivity index (χ3n) is 4.02. The largest absolute Gasteiger partial charge is 0.497 e. The second-order valence-electron chi connectivity index (χ2n) is 6.25. The summed E-state index contributed by atoms with van der Waals surface area (Å²) in [7, 11) is 1.57. The summed E-state index contributed by atoms with van der Waals surface area (Å²) in [6, 6.07) is 16.2. The number of amides is 1. The molecule has 3 rings (SSSR count). The van der Waals surface area contributed by atoms with Gasteiger partial charge in [-0.15, -0.1) is 0 Å². The van der Waals surface area contributed by atoms with E-state index in [1.54, 1.807) is 31.4 Å². The zero-order valence-electron chi connectivity index (χ0n) is 15.0. The quantitative estimate of drug-likeness (QED) is 0.729. The Morgan fingerprint density at radius 1 is 1.12 bits per heavy atom. The number of carbonyl (C=O) groups is 1. The van der Waals surface area contributed by atoms with E-state index in [0.717, 1.165) is 5.56 Å². The van der Waals surface area contributed by atoms with Crippen LogP contribution in [0.5, 0.6) is 5.75 Å². The lowest BCUT2D eigenvalue weighted by Crippen LogP contribution is -2.32. The van der Waals surface area contributed by atoms with Crippen LogP contribution in [0.15, 0.2) is 59.1 Å². The normalized spacial score (nSPS) is 12.0. The molecule has 134 valence electrons.